The highest BCUT2D eigenvalue weighted by atomic mass is 16.1. The first-order valence-electron chi connectivity index (χ1n) is 6.30. The Kier molecular flexibility index (Phi) is 4.15. The first-order chi connectivity index (χ1) is 8.24. The summed E-state index contributed by atoms with van der Waals surface area (Å²) in [7, 11) is 0. The normalized spacial score (nSPS) is 21.2. The molecule has 2 N–H and O–H groups in total. The number of rotatable bonds is 5. The molecule has 2 rings (SSSR count). The van der Waals surface area contributed by atoms with Crippen LogP contribution in [-0.4, -0.2) is 24.5 Å². The third kappa shape index (κ3) is 3.86. The van der Waals surface area contributed by atoms with Crippen molar-refractivity contribution in [3.63, 3.8) is 0 Å². The molecular formula is C14H20N2O. The number of benzene rings is 1. The van der Waals surface area contributed by atoms with Gasteiger partial charge < -0.3 is 10.6 Å². The summed E-state index contributed by atoms with van der Waals surface area (Å²) in [5.74, 6) is 0.188. The van der Waals surface area contributed by atoms with Crippen LogP contribution in [0.15, 0.2) is 30.3 Å². The van der Waals surface area contributed by atoms with Crippen LogP contribution < -0.4 is 10.6 Å². The lowest BCUT2D eigenvalue weighted by Crippen LogP contribution is -2.40. The van der Waals surface area contributed by atoms with Crippen LogP contribution in [0.1, 0.15) is 25.3 Å². The lowest BCUT2D eigenvalue weighted by Gasteiger charge is -2.17. The summed E-state index contributed by atoms with van der Waals surface area (Å²) in [4.78, 5) is 11.1. The summed E-state index contributed by atoms with van der Waals surface area (Å²) < 4.78 is 0. The van der Waals surface area contributed by atoms with Gasteiger partial charge in [0.15, 0.2) is 0 Å². The van der Waals surface area contributed by atoms with Gasteiger partial charge in [-0.05, 0) is 25.3 Å². The Morgan fingerprint density at radius 2 is 2.18 bits per heavy atom. The molecule has 3 nitrogen and oxygen atoms in total. The van der Waals surface area contributed by atoms with Crippen LogP contribution in [0.3, 0.4) is 0 Å². The molecule has 0 spiro atoms. The molecule has 1 heterocycles. The first-order valence-corrected chi connectivity index (χ1v) is 6.30. The van der Waals surface area contributed by atoms with E-state index in [4.69, 9.17) is 0 Å². The van der Waals surface area contributed by atoms with E-state index in [2.05, 4.69) is 41.8 Å². The molecule has 1 aromatic rings. The van der Waals surface area contributed by atoms with Gasteiger partial charge in [0, 0.05) is 25.0 Å². The smallest absolute Gasteiger partial charge is 0.220 e. The van der Waals surface area contributed by atoms with Gasteiger partial charge in [-0.2, -0.15) is 0 Å². The van der Waals surface area contributed by atoms with Crippen LogP contribution in [-0.2, 0) is 11.2 Å². The number of amides is 1. The van der Waals surface area contributed by atoms with Crippen molar-refractivity contribution >= 4 is 5.91 Å². The highest BCUT2D eigenvalue weighted by Gasteiger charge is 2.20. The average molecular weight is 232 g/mol. The number of hydrogen-bond acceptors (Lipinski definition) is 2. The van der Waals surface area contributed by atoms with E-state index in [1.54, 1.807) is 0 Å². The Morgan fingerprint density at radius 3 is 2.82 bits per heavy atom. The molecule has 0 saturated carbocycles. The van der Waals surface area contributed by atoms with Crippen molar-refractivity contribution in [1.29, 1.82) is 0 Å². The van der Waals surface area contributed by atoms with E-state index in [-0.39, 0.29) is 5.91 Å². The average Bonchev–Trinajstić information content (AvgIpc) is 2.74. The molecule has 1 amide bonds. The summed E-state index contributed by atoms with van der Waals surface area (Å²) in [5.41, 5.74) is 1.35. The van der Waals surface area contributed by atoms with Crippen LogP contribution in [0.2, 0.25) is 0 Å². The lowest BCUT2D eigenvalue weighted by atomic mass is 10.1. The van der Waals surface area contributed by atoms with E-state index in [1.807, 2.05) is 6.07 Å². The molecule has 0 bridgehead atoms. The number of nitrogens with one attached hydrogen (secondary N) is 2. The van der Waals surface area contributed by atoms with Crippen LogP contribution in [0.5, 0.6) is 0 Å². The second-order valence-electron chi connectivity index (χ2n) is 4.80. The Balaban J connectivity index is 1.71. The molecule has 1 saturated heterocycles. The molecular weight excluding hydrogens is 212 g/mol. The predicted molar refractivity (Wildman–Crippen MR) is 68.8 cm³/mol. The van der Waals surface area contributed by atoms with E-state index in [0.29, 0.717) is 18.5 Å². The van der Waals surface area contributed by atoms with Crippen molar-refractivity contribution in [2.75, 3.05) is 6.54 Å². The van der Waals surface area contributed by atoms with E-state index in [1.165, 1.54) is 5.56 Å². The molecule has 2 atom stereocenters. The van der Waals surface area contributed by atoms with Crippen molar-refractivity contribution < 1.29 is 4.79 Å². The van der Waals surface area contributed by atoms with Gasteiger partial charge in [-0.15, -0.1) is 0 Å². The minimum atomic E-state index is 0.188. The Hall–Kier alpha value is -1.35. The summed E-state index contributed by atoms with van der Waals surface area (Å²) in [5, 5.41) is 6.45. The lowest BCUT2D eigenvalue weighted by molar-refractivity contribution is -0.119. The quantitative estimate of drug-likeness (QED) is 0.807. The molecule has 1 aromatic carbocycles. The summed E-state index contributed by atoms with van der Waals surface area (Å²) >= 11 is 0. The minimum absolute atomic E-state index is 0.188. The number of carbonyl (C=O) groups excluding carboxylic acids is 1. The first kappa shape index (κ1) is 12.1. The molecule has 1 fully saturated rings. The highest BCUT2D eigenvalue weighted by molar-refractivity contribution is 5.78. The van der Waals surface area contributed by atoms with Crippen molar-refractivity contribution in [1.82, 2.24) is 10.6 Å². The van der Waals surface area contributed by atoms with Gasteiger partial charge in [0.2, 0.25) is 5.91 Å². The largest absolute Gasteiger partial charge is 0.352 e. The van der Waals surface area contributed by atoms with Gasteiger partial charge in [-0.1, -0.05) is 30.3 Å². The van der Waals surface area contributed by atoms with Gasteiger partial charge >= 0.3 is 0 Å². The fourth-order valence-electron chi connectivity index (χ4n) is 2.21. The van der Waals surface area contributed by atoms with Gasteiger partial charge in [-0.25, -0.2) is 0 Å². The van der Waals surface area contributed by atoms with E-state index < -0.39 is 0 Å². The standard InChI is InChI=1S/C14H20N2O/c1-11(9-12-5-3-2-4-6-12)15-10-13-7-8-14(17)16-13/h2-6,11,13,15H,7-10H2,1H3,(H,16,17). The van der Waals surface area contributed by atoms with Crippen molar-refractivity contribution in [3.8, 4) is 0 Å². The monoisotopic (exact) mass is 232 g/mol. The molecule has 0 aromatic heterocycles. The zero-order chi connectivity index (χ0) is 12.1. The molecule has 0 aliphatic carbocycles. The number of carbonyl (C=O) groups is 1. The van der Waals surface area contributed by atoms with Crippen molar-refractivity contribution in [3.05, 3.63) is 35.9 Å². The predicted octanol–water partition coefficient (Wildman–Crippen LogP) is 1.49. The van der Waals surface area contributed by atoms with Crippen molar-refractivity contribution in [2.24, 2.45) is 0 Å². The van der Waals surface area contributed by atoms with Gasteiger partial charge in [0.25, 0.3) is 0 Å². The topological polar surface area (TPSA) is 41.1 Å². The van der Waals surface area contributed by atoms with Crippen LogP contribution in [0.25, 0.3) is 0 Å². The zero-order valence-electron chi connectivity index (χ0n) is 10.3. The fourth-order valence-corrected chi connectivity index (χ4v) is 2.21. The molecule has 17 heavy (non-hydrogen) atoms. The third-order valence-corrected chi connectivity index (χ3v) is 3.18. The SMILES string of the molecule is CC(Cc1ccccc1)NCC1CCC(=O)N1. The minimum Gasteiger partial charge on any atom is -0.352 e. The Morgan fingerprint density at radius 1 is 1.41 bits per heavy atom. The summed E-state index contributed by atoms with van der Waals surface area (Å²) in [6, 6.07) is 11.2. The second kappa shape index (κ2) is 5.82. The molecule has 3 heteroatoms. The van der Waals surface area contributed by atoms with Gasteiger partial charge in [0.1, 0.15) is 0 Å². The zero-order valence-corrected chi connectivity index (χ0v) is 10.3. The molecule has 1 aliphatic heterocycles. The maximum absolute atomic E-state index is 11.1. The fraction of sp³-hybridized carbons (Fsp3) is 0.500. The van der Waals surface area contributed by atoms with Crippen LogP contribution >= 0.6 is 0 Å². The van der Waals surface area contributed by atoms with Crippen LogP contribution in [0.4, 0.5) is 0 Å². The van der Waals surface area contributed by atoms with E-state index in [0.717, 1.165) is 19.4 Å². The number of hydrogen-bond donors (Lipinski definition) is 2. The van der Waals surface area contributed by atoms with Crippen LogP contribution in [0, 0.1) is 0 Å². The van der Waals surface area contributed by atoms with Crippen molar-refractivity contribution in [2.45, 2.75) is 38.3 Å². The van der Waals surface area contributed by atoms with Gasteiger partial charge in [0.05, 0.1) is 0 Å². The molecule has 1 aliphatic rings. The highest BCUT2D eigenvalue weighted by Crippen LogP contribution is 2.06. The maximum atomic E-state index is 11.1. The Bertz CT molecular complexity index is 364. The third-order valence-electron chi connectivity index (χ3n) is 3.18. The second-order valence-corrected chi connectivity index (χ2v) is 4.80. The summed E-state index contributed by atoms with van der Waals surface area (Å²) in [6.45, 7) is 3.06. The molecule has 0 radical (unpaired) electrons. The Labute approximate surface area is 103 Å². The van der Waals surface area contributed by atoms with Gasteiger partial charge in [-0.3, -0.25) is 4.79 Å². The maximum Gasteiger partial charge on any atom is 0.220 e. The van der Waals surface area contributed by atoms with E-state index in [9.17, 15) is 4.79 Å². The summed E-state index contributed by atoms with van der Waals surface area (Å²) in [6.07, 6.45) is 2.67. The molecule has 2 unspecified atom stereocenters. The van der Waals surface area contributed by atoms with E-state index >= 15 is 0 Å². The molecule has 92 valence electrons.